The number of hydrogen-bond donors (Lipinski definition) is 1. The third kappa shape index (κ3) is 4.10. The quantitative estimate of drug-likeness (QED) is 0.729. The van der Waals surface area contributed by atoms with Crippen LogP contribution in [0.25, 0.3) is 12.2 Å². The van der Waals surface area contributed by atoms with Gasteiger partial charge in [0.15, 0.2) is 5.78 Å². The summed E-state index contributed by atoms with van der Waals surface area (Å²) in [6, 6.07) is 12.5. The number of carbonyl (C=O) groups excluding carboxylic acids is 1. The predicted molar refractivity (Wildman–Crippen MR) is 95.9 cm³/mol. The Morgan fingerprint density at radius 2 is 1.80 bits per heavy atom. The minimum atomic E-state index is -0.337. The molecule has 0 saturated carbocycles. The van der Waals surface area contributed by atoms with E-state index in [1.54, 1.807) is 49.6 Å². The van der Waals surface area contributed by atoms with E-state index in [0.29, 0.717) is 26.1 Å². The molecule has 0 aliphatic rings. The molecule has 1 aromatic heterocycles. The number of ether oxygens (including phenoxy) is 1. The van der Waals surface area contributed by atoms with Crippen molar-refractivity contribution in [2.75, 3.05) is 7.11 Å². The number of carbonyl (C=O) groups is 1. The number of aromatic amines is 1. The molecule has 25 heavy (non-hydrogen) atoms. The van der Waals surface area contributed by atoms with Crippen LogP contribution in [-0.4, -0.2) is 17.9 Å². The van der Waals surface area contributed by atoms with Crippen molar-refractivity contribution in [3.05, 3.63) is 85.0 Å². The number of nitrogens with one attached hydrogen (secondary N) is 1. The van der Waals surface area contributed by atoms with E-state index in [1.807, 2.05) is 0 Å². The van der Waals surface area contributed by atoms with Gasteiger partial charge in [-0.1, -0.05) is 12.1 Å². The molecule has 2 aromatic carbocycles. The highest BCUT2D eigenvalue weighted by Crippen LogP contribution is 2.11. The highest BCUT2D eigenvalue weighted by atomic mass is 32.1. The Kier molecular flexibility index (Phi) is 4.90. The van der Waals surface area contributed by atoms with Gasteiger partial charge in [-0.15, -0.1) is 11.3 Å². The lowest BCUT2D eigenvalue weighted by atomic mass is 10.1. The van der Waals surface area contributed by atoms with Crippen molar-refractivity contribution in [2.45, 2.75) is 0 Å². The SMILES string of the molecule is COc1ccc(C(=O)/C=c2\[nH]c(=O)/c(=C\c3ccc(F)cc3)s2)cc1. The highest BCUT2D eigenvalue weighted by Gasteiger charge is 2.04. The van der Waals surface area contributed by atoms with E-state index < -0.39 is 0 Å². The lowest BCUT2D eigenvalue weighted by molar-refractivity contribution is 0.106. The zero-order chi connectivity index (χ0) is 17.8. The molecule has 1 heterocycles. The van der Waals surface area contributed by atoms with Crippen LogP contribution in [0.2, 0.25) is 0 Å². The summed E-state index contributed by atoms with van der Waals surface area (Å²) in [5, 5.41) is 0. The van der Waals surface area contributed by atoms with E-state index >= 15 is 0 Å². The fourth-order valence-corrected chi connectivity index (χ4v) is 3.08. The molecule has 0 saturated heterocycles. The van der Waals surface area contributed by atoms with E-state index in [4.69, 9.17) is 4.74 Å². The second kappa shape index (κ2) is 7.27. The molecule has 126 valence electrons. The Hall–Kier alpha value is -2.99. The van der Waals surface area contributed by atoms with Gasteiger partial charge in [0.05, 0.1) is 16.3 Å². The third-order valence-electron chi connectivity index (χ3n) is 3.48. The number of benzene rings is 2. The molecule has 0 spiro atoms. The van der Waals surface area contributed by atoms with E-state index in [0.717, 1.165) is 0 Å². The number of aromatic nitrogens is 1. The van der Waals surface area contributed by atoms with Crippen LogP contribution in [0.15, 0.2) is 53.3 Å². The zero-order valence-corrected chi connectivity index (χ0v) is 14.1. The first-order valence-electron chi connectivity index (χ1n) is 7.42. The predicted octanol–water partition coefficient (Wildman–Crippen LogP) is 2.08. The zero-order valence-electron chi connectivity index (χ0n) is 13.3. The number of hydrogen-bond acceptors (Lipinski definition) is 4. The maximum absolute atomic E-state index is 12.9. The first-order valence-corrected chi connectivity index (χ1v) is 8.23. The highest BCUT2D eigenvalue weighted by molar-refractivity contribution is 7.07. The third-order valence-corrected chi connectivity index (χ3v) is 4.45. The monoisotopic (exact) mass is 355 g/mol. The number of ketones is 1. The van der Waals surface area contributed by atoms with Gasteiger partial charge in [-0.05, 0) is 48.0 Å². The van der Waals surface area contributed by atoms with E-state index in [1.165, 1.54) is 29.5 Å². The summed E-state index contributed by atoms with van der Waals surface area (Å²) in [6.45, 7) is 0. The molecule has 4 nitrogen and oxygen atoms in total. The fraction of sp³-hybridized carbons (Fsp3) is 0.0526. The first-order chi connectivity index (χ1) is 12.0. The Balaban J connectivity index is 1.93. The molecule has 0 fully saturated rings. The molecular formula is C19H14FNO3S. The molecule has 0 unspecified atom stereocenters. The van der Waals surface area contributed by atoms with Crippen molar-refractivity contribution in [1.29, 1.82) is 0 Å². The molecule has 0 atom stereocenters. The van der Waals surface area contributed by atoms with Crippen LogP contribution in [0.5, 0.6) is 5.75 Å². The van der Waals surface area contributed by atoms with Crippen LogP contribution in [0.4, 0.5) is 4.39 Å². The van der Waals surface area contributed by atoms with Crippen molar-refractivity contribution < 1.29 is 13.9 Å². The van der Waals surface area contributed by atoms with Crippen molar-refractivity contribution >= 4 is 29.3 Å². The Morgan fingerprint density at radius 3 is 2.44 bits per heavy atom. The van der Waals surface area contributed by atoms with Gasteiger partial charge < -0.3 is 9.72 Å². The maximum atomic E-state index is 12.9. The van der Waals surface area contributed by atoms with Crippen LogP contribution in [0.1, 0.15) is 15.9 Å². The van der Waals surface area contributed by atoms with Gasteiger partial charge in [0.25, 0.3) is 5.56 Å². The average molecular weight is 355 g/mol. The number of methoxy groups -OCH3 is 1. The number of halogens is 1. The number of H-pyrrole nitrogens is 1. The van der Waals surface area contributed by atoms with Gasteiger partial charge >= 0.3 is 0 Å². The van der Waals surface area contributed by atoms with Crippen molar-refractivity contribution in [2.24, 2.45) is 0 Å². The molecule has 3 aromatic rings. The summed E-state index contributed by atoms with van der Waals surface area (Å²) in [7, 11) is 1.55. The average Bonchev–Trinajstić information content (AvgIpc) is 2.96. The Labute approximate surface area is 146 Å². The second-order valence-corrected chi connectivity index (χ2v) is 6.30. The molecule has 3 rings (SSSR count). The summed E-state index contributed by atoms with van der Waals surface area (Å²) < 4.78 is 18.9. The van der Waals surface area contributed by atoms with Gasteiger partial charge in [0, 0.05) is 11.6 Å². The number of thiazole rings is 1. The Bertz CT molecular complexity index is 1060. The fourth-order valence-electron chi connectivity index (χ4n) is 2.19. The summed E-state index contributed by atoms with van der Waals surface area (Å²) in [4.78, 5) is 26.9. The minimum absolute atomic E-state index is 0.214. The Morgan fingerprint density at radius 1 is 1.12 bits per heavy atom. The maximum Gasteiger partial charge on any atom is 0.266 e. The van der Waals surface area contributed by atoms with Gasteiger partial charge in [-0.2, -0.15) is 0 Å². The summed E-state index contributed by atoms with van der Waals surface area (Å²) in [5.74, 6) is 0.113. The normalized spacial score (nSPS) is 12.4. The van der Waals surface area contributed by atoms with Crippen LogP contribution in [-0.2, 0) is 0 Å². The molecule has 6 heteroatoms. The van der Waals surface area contributed by atoms with Crippen molar-refractivity contribution in [1.82, 2.24) is 4.98 Å². The summed E-state index contributed by atoms with van der Waals surface area (Å²) in [5.41, 5.74) is 0.920. The molecule has 0 bridgehead atoms. The first kappa shape index (κ1) is 16.9. The van der Waals surface area contributed by atoms with Crippen LogP contribution < -0.4 is 19.5 Å². The topological polar surface area (TPSA) is 59.2 Å². The van der Waals surface area contributed by atoms with Gasteiger partial charge in [-0.25, -0.2) is 4.39 Å². The van der Waals surface area contributed by atoms with E-state index in [-0.39, 0.29) is 17.2 Å². The van der Waals surface area contributed by atoms with Crippen LogP contribution in [0, 0.1) is 5.82 Å². The molecule has 1 N–H and O–H groups in total. The van der Waals surface area contributed by atoms with E-state index in [2.05, 4.69) is 4.98 Å². The van der Waals surface area contributed by atoms with Gasteiger partial charge in [0.2, 0.25) is 0 Å². The van der Waals surface area contributed by atoms with Crippen molar-refractivity contribution in [3.63, 3.8) is 0 Å². The molecule has 0 aliphatic heterocycles. The van der Waals surface area contributed by atoms with E-state index in [9.17, 15) is 14.0 Å². The summed E-state index contributed by atoms with van der Waals surface area (Å²) >= 11 is 1.17. The van der Waals surface area contributed by atoms with Crippen LogP contribution in [0.3, 0.4) is 0 Å². The van der Waals surface area contributed by atoms with Gasteiger partial charge in [0.1, 0.15) is 11.6 Å². The van der Waals surface area contributed by atoms with Gasteiger partial charge in [-0.3, -0.25) is 9.59 Å². The molecule has 0 amide bonds. The minimum Gasteiger partial charge on any atom is -0.497 e. The summed E-state index contributed by atoms with van der Waals surface area (Å²) in [6.07, 6.45) is 3.04. The largest absolute Gasteiger partial charge is 0.497 e. The standard InChI is InChI=1S/C19H14FNO3S/c1-24-15-8-4-13(5-9-15)16(22)11-18-21-19(23)17(25-18)10-12-2-6-14(20)7-3-12/h2-11H,1H3,(H,21,23)/b17-10+,18-11+. The molecule has 0 radical (unpaired) electrons. The number of rotatable bonds is 4. The molecule has 0 aliphatic carbocycles. The lowest BCUT2D eigenvalue weighted by Crippen LogP contribution is -2.20. The van der Waals surface area contributed by atoms with Crippen LogP contribution >= 0.6 is 11.3 Å². The second-order valence-electron chi connectivity index (χ2n) is 5.22. The number of Topliss-reactive ketones (excluding diaryl/α,β-unsaturated/α-hetero) is 1. The van der Waals surface area contributed by atoms with Crippen molar-refractivity contribution in [3.8, 4) is 5.75 Å². The molecular weight excluding hydrogens is 341 g/mol. The lowest BCUT2D eigenvalue weighted by Gasteiger charge is -1.99. The smallest absolute Gasteiger partial charge is 0.266 e.